The van der Waals surface area contributed by atoms with Gasteiger partial charge in [0.15, 0.2) is 15.9 Å². The summed E-state index contributed by atoms with van der Waals surface area (Å²) in [7, 11) is -3.32. The average molecular weight is 429 g/mol. The molecule has 2 aromatic carbocycles. The van der Waals surface area contributed by atoms with E-state index in [4.69, 9.17) is 4.74 Å². The zero-order valence-electron chi connectivity index (χ0n) is 15.5. The Morgan fingerprint density at radius 2 is 1.76 bits per heavy atom. The molecule has 0 radical (unpaired) electrons. The van der Waals surface area contributed by atoms with Crippen molar-refractivity contribution in [3.05, 3.63) is 65.2 Å². The number of alkyl halides is 3. The standard InChI is InChI=1S/C19H18F3NO5S/c1-12(17(24)23-16-9-4-3-8-15(16)19(20,21)22)28-18(25)14-7-5-6-13(10-14)11-29(2,26)27/h3-10,12H,11H2,1-2H3,(H,23,24). The molecule has 1 unspecified atom stereocenters. The highest BCUT2D eigenvalue weighted by molar-refractivity contribution is 7.89. The molecule has 1 N–H and O–H groups in total. The monoisotopic (exact) mass is 429 g/mol. The predicted molar refractivity (Wildman–Crippen MR) is 99.9 cm³/mol. The quantitative estimate of drug-likeness (QED) is 0.711. The first kappa shape index (κ1) is 22.4. The van der Waals surface area contributed by atoms with Crippen molar-refractivity contribution in [1.29, 1.82) is 0 Å². The molecule has 0 saturated carbocycles. The van der Waals surface area contributed by atoms with E-state index in [0.29, 0.717) is 5.56 Å². The highest BCUT2D eigenvalue weighted by Gasteiger charge is 2.34. The minimum absolute atomic E-state index is 0.0153. The van der Waals surface area contributed by atoms with Crippen LogP contribution >= 0.6 is 0 Å². The molecule has 1 atom stereocenters. The van der Waals surface area contributed by atoms with Gasteiger partial charge < -0.3 is 10.1 Å². The maximum atomic E-state index is 13.0. The molecule has 10 heteroatoms. The second-order valence-corrected chi connectivity index (χ2v) is 8.49. The lowest BCUT2D eigenvalue weighted by Crippen LogP contribution is -2.30. The van der Waals surface area contributed by atoms with Crippen LogP contribution < -0.4 is 5.32 Å². The molecular formula is C19H18F3NO5S. The number of sulfone groups is 1. The third-order valence-electron chi connectivity index (χ3n) is 3.73. The van der Waals surface area contributed by atoms with Crippen LogP contribution in [0.3, 0.4) is 0 Å². The summed E-state index contributed by atoms with van der Waals surface area (Å²) < 4.78 is 66.8. The number of rotatable bonds is 6. The number of hydrogen-bond acceptors (Lipinski definition) is 5. The van der Waals surface area contributed by atoms with Gasteiger partial charge in [0.05, 0.1) is 22.6 Å². The summed E-state index contributed by atoms with van der Waals surface area (Å²) in [4.78, 5) is 24.4. The molecule has 0 heterocycles. The van der Waals surface area contributed by atoms with E-state index in [1.165, 1.54) is 43.3 Å². The summed E-state index contributed by atoms with van der Waals surface area (Å²) in [5.41, 5.74) is -1.11. The van der Waals surface area contributed by atoms with Crippen molar-refractivity contribution in [1.82, 2.24) is 0 Å². The van der Waals surface area contributed by atoms with Crippen molar-refractivity contribution in [2.24, 2.45) is 0 Å². The van der Waals surface area contributed by atoms with Crippen molar-refractivity contribution < 1.29 is 35.9 Å². The number of ether oxygens (including phenoxy) is 1. The number of anilines is 1. The Morgan fingerprint density at radius 1 is 1.10 bits per heavy atom. The van der Waals surface area contributed by atoms with Crippen molar-refractivity contribution in [3.63, 3.8) is 0 Å². The minimum Gasteiger partial charge on any atom is -0.449 e. The van der Waals surface area contributed by atoms with Gasteiger partial charge in [-0.05, 0) is 36.8 Å². The molecule has 0 aliphatic carbocycles. The molecule has 0 fully saturated rings. The Kier molecular flexibility index (Phi) is 6.68. The number of carbonyl (C=O) groups is 2. The van der Waals surface area contributed by atoms with Gasteiger partial charge in [0, 0.05) is 6.26 Å². The number of esters is 1. The summed E-state index contributed by atoms with van der Waals surface area (Å²) in [5.74, 6) is -2.13. The Hall–Kier alpha value is -2.88. The van der Waals surface area contributed by atoms with Gasteiger partial charge in [-0.1, -0.05) is 24.3 Å². The molecule has 156 valence electrons. The number of nitrogens with one attached hydrogen (secondary N) is 1. The predicted octanol–water partition coefficient (Wildman–Crippen LogP) is 3.43. The van der Waals surface area contributed by atoms with Gasteiger partial charge in [0.1, 0.15) is 0 Å². The number of carbonyl (C=O) groups excluding carboxylic acids is 2. The SMILES string of the molecule is CC(OC(=O)c1cccc(CS(C)(=O)=O)c1)C(=O)Nc1ccccc1C(F)(F)F. The van der Waals surface area contributed by atoms with Gasteiger partial charge in [0.2, 0.25) is 0 Å². The fourth-order valence-electron chi connectivity index (χ4n) is 2.45. The van der Waals surface area contributed by atoms with E-state index < -0.39 is 45.2 Å². The number of benzene rings is 2. The Bertz CT molecular complexity index is 1020. The van der Waals surface area contributed by atoms with Gasteiger partial charge in [-0.2, -0.15) is 13.2 Å². The van der Waals surface area contributed by atoms with Crippen LogP contribution in [0.5, 0.6) is 0 Å². The Labute approximate surface area is 165 Å². The summed E-state index contributed by atoms with van der Waals surface area (Å²) in [6, 6.07) is 10.1. The van der Waals surface area contributed by atoms with Crippen LogP contribution in [0.15, 0.2) is 48.5 Å². The highest BCUT2D eigenvalue weighted by atomic mass is 32.2. The molecule has 0 bridgehead atoms. The van der Waals surface area contributed by atoms with Gasteiger partial charge in [-0.15, -0.1) is 0 Å². The number of hydrogen-bond donors (Lipinski definition) is 1. The summed E-state index contributed by atoms with van der Waals surface area (Å²) in [6.07, 6.45) is -5.00. The minimum atomic E-state index is -4.66. The number of halogens is 3. The van der Waals surface area contributed by atoms with Gasteiger partial charge in [0.25, 0.3) is 5.91 Å². The second kappa shape index (κ2) is 8.64. The third kappa shape index (κ3) is 6.60. The van der Waals surface area contributed by atoms with Gasteiger partial charge in [-0.25, -0.2) is 13.2 Å². The lowest BCUT2D eigenvalue weighted by molar-refractivity contribution is -0.137. The summed E-state index contributed by atoms with van der Waals surface area (Å²) >= 11 is 0. The molecule has 1 amide bonds. The normalized spacial score (nSPS) is 12.9. The Balaban J connectivity index is 2.09. The fraction of sp³-hybridized carbons (Fsp3) is 0.263. The number of para-hydroxylation sites is 1. The smallest absolute Gasteiger partial charge is 0.418 e. The lowest BCUT2D eigenvalue weighted by atomic mass is 10.1. The van der Waals surface area contributed by atoms with Crippen LogP contribution in [-0.2, 0) is 31.3 Å². The van der Waals surface area contributed by atoms with E-state index in [2.05, 4.69) is 5.32 Å². The highest BCUT2D eigenvalue weighted by Crippen LogP contribution is 2.34. The van der Waals surface area contributed by atoms with Crippen LogP contribution in [0.1, 0.15) is 28.4 Å². The first-order valence-electron chi connectivity index (χ1n) is 8.31. The average Bonchev–Trinajstić information content (AvgIpc) is 2.60. The van der Waals surface area contributed by atoms with Crippen molar-refractivity contribution in [2.45, 2.75) is 25.0 Å². The molecule has 0 saturated heterocycles. The fourth-order valence-corrected chi connectivity index (χ4v) is 3.23. The summed E-state index contributed by atoms with van der Waals surface area (Å²) in [5, 5.41) is 2.10. The first-order chi connectivity index (χ1) is 13.4. The molecule has 0 aliphatic rings. The van der Waals surface area contributed by atoms with Crippen LogP contribution in [0.4, 0.5) is 18.9 Å². The van der Waals surface area contributed by atoms with Crippen LogP contribution in [0.2, 0.25) is 0 Å². The van der Waals surface area contributed by atoms with Crippen LogP contribution in [-0.4, -0.2) is 32.7 Å². The summed E-state index contributed by atoms with van der Waals surface area (Å²) in [6.45, 7) is 1.21. The van der Waals surface area contributed by atoms with E-state index >= 15 is 0 Å². The lowest BCUT2D eigenvalue weighted by Gasteiger charge is -2.17. The molecular weight excluding hydrogens is 411 g/mol. The van der Waals surface area contributed by atoms with E-state index in [-0.39, 0.29) is 11.3 Å². The topological polar surface area (TPSA) is 89.5 Å². The Morgan fingerprint density at radius 3 is 2.38 bits per heavy atom. The van der Waals surface area contributed by atoms with E-state index in [1.807, 2.05) is 0 Å². The van der Waals surface area contributed by atoms with Crippen LogP contribution in [0, 0.1) is 0 Å². The molecule has 2 rings (SSSR count). The van der Waals surface area contributed by atoms with Gasteiger partial charge in [-0.3, -0.25) is 4.79 Å². The maximum absolute atomic E-state index is 13.0. The molecule has 6 nitrogen and oxygen atoms in total. The van der Waals surface area contributed by atoms with Crippen molar-refractivity contribution in [2.75, 3.05) is 11.6 Å². The van der Waals surface area contributed by atoms with E-state index in [1.54, 1.807) is 0 Å². The van der Waals surface area contributed by atoms with E-state index in [9.17, 15) is 31.2 Å². The maximum Gasteiger partial charge on any atom is 0.418 e. The molecule has 0 aromatic heterocycles. The largest absolute Gasteiger partial charge is 0.449 e. The number of amides is 1. The molecule has 0 spiro atoms. The second-order valence-electron chi connectivity index (χ2n) is 6.35. The van der Waals surface area contributed by atoms with Crippen LogP contribution in [0.25, 0.3) is 0 Å². The molecule has 0 aliphatic heterocycles. The van der Waals surface area contributed by atoms with E-state index in [0.717, 1.165) is 18.4 Å². The first-order valence-corrected chi connectivity index (χ1v) is 10.4. The zero-order chi connectivity index (χ0) is 21.8. The third-order valence-corrected chi connectivity index (χ3v) is 4.59. The molecule has 2 aromatic rings. The van der Waals surface area contributed by atoms with Crippen molar-refractivity contribution >= 4 is 27.4 Å². The van der Waals surface area contributed by atoms with Gasteiger partial charge >= 0.3 is 12.1 Å². The van der Waals surface area contributed by atoms with Crippen molar-refractivity contribution in [3.8, 4) is 0 Å². The zero-order valence-corrected chi connectivity index (χ0v) is 16.3. The molecule has 29 heavy (non-hydrogen) atoms.